The minimum Gasteiger partial charge on any atom is -0.354 e. The van der Waals surface area contributed by atoms with Crippen LogP contribution in [0.25, 0.3) is 0 Å². The van der Waals surface area contributed by atoms with Crippen molar-refractivity contribution in [3.05, 3.63) is 18.1 Å². The molecule has 18 heavy (non-hydrogen) atoms. The summed E-state index contributed by atoms with van der Waals surface area (Å²) in [5.41, 5.74) is 1.78. The van der Waals surface area contributed by atoms with E-state index in [1.165, 1.54) is 38.8 Å². The maximum absolute atomic E-state index is 4.59. The molecule has 2 aliphatic heterocycles. The third-order valence-corrected chi connectivity index (χ3v) is 4.90. The molecule has 1 aromatic rings. The summed E-state index contributed by atoms with van der Waals surface area (Å²) in [5.74, 6) is 1.66. The molecule has 96 valence electrons. The fourth-order valence-electron chi connectivity index (χ4n) is 3.57. The van der Waals surface area contributed by atoms with Crippen LogP contribution in [0.2, 0.25) is 0 Å². The smallest absolute Gasteiger partial charge is 0.147 e. The standard InChI is InChI=1S/C14H20N4/c1-2-4-14(3-1)9-18(10-14)13-8-16-12(7-17-13)11-5-15-6-11/h7-8,11,15H,1-6,9-10H2. The molecule has 0 atom stereocenters. The first kappa shape index (κ1) is 10.7. The van der Waals surface area contributed by atoms with Gasteiger partial charge in [0, 0.05) is 37.5 Å². The first-order valence-corrected chi connectivity index (χ1v) is 7.12. The number of rotatable bonds is 2. The van der Waals surface area contributed by atoms with E-state index in [1.807, 2.05) is 12.4 Å². The molecule has 0 unspecified atom stereocenters. The highest BCUT2D eigenvalue weighted by Crippen LogP contribution is 2.46. The van der Waals surface area contributed by atoms with E-state index >= 15 is 0 Å². The predicted molar refractivity (Wildman–Crippen MR) is 70.8 cm³/mol. The second kappa shape index (κ2) is 3.92. The monoisotopic (exact) mass is 244 g/mol. The van der Waals surface area contributed by atoms with Crippen LogP contribution in [-0.4, -0.2) is 36.1 Å². The van der Waals surface area contributed by atoms with Crippen molar-refractivity contribution in [3.63, 3.8) is 0 Å². The first-order chi connectivity index (χ1) is 8.85. The summed E-state index contributed by atoms with van der Waals surface area (Å²) < 4.78 is 0. The predicted octanol–water partition coefficient (Wildman–Crippen LogP) is 1.54. The largest absolute Gasteiger partial charge is 0.354 e. The van der Waals surface area contributed by atoms with E-state index in [0.29, 0.717) is 11.3 Å². The molecule has 3 aliphatic rings. The molecule has 2 saturated heterocycles. The normalized spacial score (nSPS) is 26.1. The van der Waals surface area contributed by atoms with Gasteiger partial charge < -0.3 is 10.2 Å². The van der Waals surface area contributed by atoms with E-state index in [9.17, 15) is 0 Å². The number of nitrogens with zero attached hydrogens (tertiary/aromatic N) is 3. The first-order valence-electron chi connectivity index (χ1n) is 7.12. The minimum absolute atomic E-state index is 0.587. The van der Waals surface area contributed by atoms with Crippen LogP contribution in [0.3, 0.4) is 0 Å². The molecule has 1 aliphatic carbocycles. The molecule has 3 heterocycles. The summed E-state index contributed by atoms with van der Waals surface area (Å²) in [6.45, 7) is 4.51. The zero-order valence-electron chi connectivity index (χ0n) is 10.7. The average molecular weight is 244 g/mol. The molecule has 3 fully saturated rings. The lowest BCUT2D eigenvalue weighted by atomic mass is 9.78. The van der Waals surface area contributed by atoms with Crippen LogP contribution < -0.4 is 10.2 Å². The highest BCUT2D eigenvalue weighted by atomic mass is 15.3. The van der Waals surface area contributed by atoms with E-state index in [2.05, 4.69) is 20.2 Å². The van der Waals surface area contributed by atoms with Crippen molar-refractivity contribution >= 4 is 5.82 Å². The molecule has 0 aromatic carbocycles. The van der Waals surface area contributed by atoms with Crippen LogP contribution in [0.4, 0.5) is 5.82 Å². The summed E-state index contributed by atoms with van der Waals surface area (Å²) in [5, 5.41) is 3.27. The quantitative estimate of drug-likeness (QED) is 0.857. The number of hydrogen-bond acceptors (Lipinski definition) is 4. The van der Waals surface area contributed by atoms with Crippen molar-refractivity contribution in [2.24, 2.45) is 5.41 Å². The van der Waals surface area contributed by atoms with Crippen molar-refractivity contribution in [3.8, 4) is 0 Å². The van der Waals surface area contributed by atoms with Gasteiger partial charge in [0.15, 0.2) is 0 Å². The Morgan fingerprint density at radius 2 is 1.89 bits per heavy atom. The Morgan fingerprint density at radius 3 is 2.44 bits per heavy atom. The highest BCUT2D eigenvalue weighted by molar-refractivity contribution is 5.41. The summed E-state index contributed by atoms with van der Waals surface area (Å²) in [6.07, 6.45) is 9.63. The van der Waals surface area contributed by atoms with Gasteiger partial charge in [-0.3, -0.25) is 4.98 Å². The number of aromatic nitrogens is 2. The molecule has 4 heteroatoms. The molecule has 4 nitrogen and oxygen atoms in total. The third kappa shape index (κ3) is 1.62. The van der Waals surface area contributed by atoms with Gasteiger partial charge in [-0.1, -0.05) is 12.8 Å². The highest BCUT2D eigenvalue weighted by Gasteiger charge is 2.45. The van der Waals surface area contributed by atoms with Gasteiger partial charge in [-0.15, -0.1) is 0 Å². The molecule has 0 bridgehead atoms. The Morgan fingerprint density at radius 1 is 1.11 bits per heavy atom. The topological polar surface area (TPSA) is 41.1 Å². The maximum atomic E-state index is 4.59. The summed E-state index contributed by atoms with van der Waals surface area (Å²) >= 11 is 0. The third-order valence-electron chi connectivity index (χ3n) is 4.90. The molecular formula is C14H20N4. The summed E-state index contributed by atoms with van der Waals surface area (Å²) in [6, 6.07) is 0. The van der Waals surface area contributed by atoms with E-state index in [-0.39, 0.29) is 0 Å². The summed E-state index contributed by atoms with van der Waals surface area (Å²) in [4.78, 5) is 11.6. The van der Waals surface area contributed by atoms with Crippen LogP contribution in [0.1, 0.15) is 37.3 Å². The average Bonchev–Trinajstić information content (AvgIpc) is 2.75. The Hall–Kier alpha value is -1.16. The van der Waals surface area contributed by atoms with Crippen LogP contribution in [0.15, 0.2) is 12.4 Å². The fourth-order valence-corrected chi connectivity index (χ4v) is 3.57. The van der Waals surface area contributed by atoms with Gasteiger partial charge in [-0.2, -0.15) is 0 Å². The van der Waals surface area contributed by atoms with Gasteiger partial charge in [0.1, 0.15) is 5.82 Å². The molecule has 1 aromatic heterocycles. The number of nitrogens with one attached hydrogen (secondary N) is 1. The second-order valence-corrected chi connectivity index (χ2v) is 6.22. The van der Waals surface area contributed by atoms with Gasteiger partial charge in [-0.25, -0.2) is 4.98 Å². The van der Waals surface area contributed by atoms with Crippen molar-refractivity contribution in [2.75, 3.05) is 31.1 Å². The van der Waals surface area contributed by atoms with Gasteiger partial charge in [-0.05, 0) is 12.8 Å². The molecule has 1 spiro atoms. The Labute approximate surface area is 108 Å². The Balaban J connectivity index is 1.43. The van der Waals surface area contributed by atoms with E-state index in [4.69, 9.17) is 0 Å². The lowest BCUT2D eigenvalue weighted by Gasteiger charge is -2.48. The Bertz CT molecular complexity index is 424. The van der Waals surface area contributed by atoms with E-state index in [1.54, 1.807) is 0 Å². The zero-order chi connectivity index (χ0) is 12.0. The van der Waals surface area contributed by atoms with Crippen molar-refractivity contribution in [1.82, 2.24) is 15.3 Å². The van der Waals surface area contributed by atoms with E-state index < -0.39 is 0 Å². The van der Waals surface area contributed by atoms with Crippen molar-refractivity contribution in [2.45, 2.75) is 31.6 Å². The van der Waals surface area contributed by atoms with Gasteiger partial charge in [0.05, 0.1) is 18.1 Å². The van der Waals surface area contributed by atoms with Crippen LogP contribution >= 0.6 is 0 Å². The molecule has 0 radical (unpaired) electrons. The molecule has 1 saturated carbocycles. The lowest BCUT2D eigenvalue weighted by Crippen LogP contribution is -2.55. The van der Waals surface area contributed by atoms with Crippen molar-refractivity contribution in [1.29, 1.82) is 0 Å². The SMILES string of the molecule is c1nc(N2CC3(CCCC3)C2)cnc1C1CNC1. The van der Waals surface area contributed by atoms with Gasteiger partial charge >= 0.3 is 0 Å². The second-order valence-electron chi connectivity index (χ2n) is 6.22. The molecule has 1 N–H and O–H groups in total. The molecule has 0 amide bonds. The van der Waals surface area contributed by atoms with Crippen LogP contribution in [0, 0.1) is 5.41 Å². The zero-order valence-corrected chi connectivity index (χ0v) is 10.7. The fraction of sp³-hybridized carbons (Fsp3) is 0.714. The van der Waals surface area contributed by atoms with E-state index in [0.717, 1.165) is 24.6 Å². The lowest BCUT2D eigenvalue weighted by molar-refractivity contribution is 0.220. The maximum Gasteiger partial charge on any atom is 0.147 e. The summed E-state index contributed by atoms with van der Waals surface area (Å²) in [7, 11) is 0. The minimum atomic E-state index is 0.587. The molecular weight excluding hydrogens is 224 g/mol. The van der Waals surface area contributed by atoms with Crippen LogP contribution in [0.5, 0.6) is 0 Å². The number of anilines is 1. The van der Waals surface area contributed by atoms with Gasteiger partial charge in [0.2, 0.25) is 0 Å². The molecule has 4 rings (SSSR count). The number of hydrogen-bond donors (Lipinski definition) is 1. The van der Waals surface area contributed by atoms with Crippen LogP contribution in [-0.2, 0) is 0 Å². The van der Waals surface area contributed by atoms with Crippen molar-refractivity contribution < 1.29 is 0 Å². The van der Waals surface area contributed by atoms with Gasteiger partial charge in [0.25, 0.3) is 0 Å². The Kier molecular flexibility index (Phi) is 2.34.